The van der Waals surface area contributed by atoms with Crippen molar-refractivity contribution in [3.8, 4) is 11.5 Å². The molecule has 3 aromatic carbocycles. The monoisotopic (exact) mass is 431 g/mol. The number of halogens is 1. The van der Waals surface area contributed by atoms with Gasteiger partial charge in [-0.05, 0) is 29.8 Å². The summed E-state index contributed by atoms with van der Waals surface area (Å²) in [6.45, 7) is 0. The Morgan fingerprint density at radius 1 is 1.13 bits per heavy atom. The van der Waals surface area contributed by atoms with E-state index in [9.17, 15) is 4.79 Å². The quantitative estimate of drug-likeness (QED) is 0.639. The predicted octanol–water partition coefficient (Wildman–Crippen LogP) is 4.70. The Morgan fingerprint density at radius 3 is 2.74 bits per heavy atom. The van der Waals surface area contributed by atoms with Crippen LogP contribution in [0.25, 0.3) is 0 Å². The number of carbonyl (C=O) groups is 1. The van der Waals surface area contributed by atoms with Crippen molar-refractivity contribution in [2.24, 2.45) is 5.10 Å². The Balaban J connectivity index is 1.58. The third kappa shape index (κ3) is 2.45. The fraction of sp³-hybridized carbons (Fsp3) is 0.167. The first-order valence-electron chi connectivity index (χ1n) is 10.0. The summed E-state index contributed by atoms with van der Waals surface area (Å²) >= 11 is 6.08. The third-order valence-electron chi connectivity index (χ3n) is 6.10. The summed E-state index contributed by atoms with van der Waals surface area (Å²) in [4.78, 5) is 13.4. The molecule has 0 aliphatic carbocycles. The van der Waals surface area contributed by atoms with Crippen LogP contribution in [0.1, 0.15) is 29.2 Å². The van der Waals surface area contributed by atoms with E-state index in [1.54, 1.807) is 12.1 Å². The maximum atomic E-state index is 13.4. The second kappa shape index (κ2) is 6.49. The fourth-order valence-electron chi connectivity index (χ4n) is 4.66. The van der Waals surface area contributed by atoms with Gasteiger partial charge in [-0.25, -0.2) is 5.01 Å². The molecule has 7 heteroatoms. The van der Waals surface area contributed by atoms with Gasteiger partial charge in [-0.1, -0.05) is 54.1 Å². The number of rotatable bonds is 2. The highest BCUT2D eigenvalue weighted by Gasteiger charge is 2.61. The van der Waals surface area contributed by atoms with Crippen molar-refractivity contribution in [2.45, 2.75) is 18.2 Å². The average Bonchev–Trinajstić information content (AvgIpc) is 3.35. The predicted molar refractivity (Wildman–Crippen MR) is 118 cm³/mol. The van der Waals surface area contributed by atoms with E-state index in [-0.39, 0.29) is 11.9 Å². The lowest BCUT2D eigenvalue weighted by Crippen LogP contribution is -2.55. The van der Waals surface area contributed by atoms with E-state index < -0.39 is 5.72 Å². The van der Waals surface area contributed by atoms with Crippen LogP contribution in [0, 0.1) is 0 Å². The van der Waals surface area contributed by atoms with Crippen LogP contribution < -0.4 is 14.8 Å². The summed E-state index contributed by atoms with van der Waals surface area (Å²) in [7, 11) is 1.60. The van der Waals surface area contributed by atoms with Gasteiger partial charge in [-0.15, -0.1) is 0 Å². The van der Waals surface area contributed by atoms with Gasteiger partial charge in [-0.2, -0.15) is 5.10 Å². The molecule has 0 saturated carbocycles. The Hall–Kier alpha value is -3.51. The Kier molecular flexibility index (Phi) is 3.83. The largest absolute Gasteiger partial charge is 0.493 e. The van der Waals surface area contributed by atoms with Gasteiger partial charge in [0.05, 0.1) is 30.1 Å². The SMILES string of the molecule is COc1cccc2c1OC1(C(=O)Nc3ccccc31)N1N=C(c3ccc(Cl)cc3)CC21. The minimum atomic E-state index is -1.41. The lowest BCUT2D eigenvalue weighted by Gasteiger charge is -2.44. The normalized spacial score (nSPS) is 22.9. The van der Waals surface area contributed by atoms with Crippen molar-refractivity contribution >= 4 is 28.9 Å². The van der Waals surface area contributed by atoms with Crippen molar-refractivity contribution in [3.05, 3.63) is 88.4 Å². The number of hydrogen-bond acceptors (Lipinski definition) is 5. The second-order valence-electron chi connectivity index (χ2n) is 7.74. The first-order chi connectivity index (χ1) is 15.1. The molecular formula is C24H18ClN3O3. The van der Waals surface area contributed by atoms with E-state index >= 15 is 0 Å². The van der Waals surface area contributed by atoms with Crippen LogP contribution in [0.4, 0.5) is 5.69 Å². The molecule has 3 aromatic rings. The lowest BCUT2D eigenvalue weighted by atomic mass is 9.92. The number of nitrogens with one attached hydrogen (secondary N) is 1. The van der Waals surface area contributed by atoms with Crippen molar-refractivity contribution in [1.82, 2.24) is 5.01 Å². The highest BCUT2D eigenvalue weighted by Crippen LogP contribution is 2.56. The number of nitrogens with zero attached hydrogens (tertiary/aromatic N) is 2. The minimum Gasteiger partial charge on any atom is -0.493 e. The zero-order chi connectivity index (χ0) is 21.2. The molecule has 2 unspecified atom stereocenters. The first kappa shape index (κ1) is 18.3. The van der Waals surface area contributed by atoms with Crippen LogP contribution in [0.2, 0.25) is 5.02 Å². The number of benzene rings is 3. The molecule has 6 nitrogen and oxygen atoms in total. The molecule has 154 valence electrons. The lowest BCUT2D eigenvalue weighted by molar-refractivity contribution is -0.161. The van der Waals surface area contributed by atoms with Crippen molar-refractivity contribution in [1.29, 1.82) is 0 Å². The summed E-state index contributed by atoms with van der Waals surface area (Å²) < 4.78 is 12.1. The number of anilines is 1. The number of fused-ring (bicyclic) bond motifs is 6. The van der Waals surface area contributed by atoms with Gasteiger partial charge < -0.3 is 14.8 Å². The van der Waals surface area contributed by atoms with Crippen LogP contribution in [0.3, 0.4) is 0 Å². The van der Waals surface area contributed by atoms with E-state index in [0.717, 1.165) is 28.1 Å². The highest BCUT2D eigenvalue weighted by atomic mass is 35.5. The van der Waals surface area contributed by atoms with Crippen LogP contribution >= 0.6 is 11.6 Å². The molecule has 1 N–H and O–H groups in total. The molecule has 0 bridgehead atoms. The molecule has 2 atom stereocenters. The second-order valence-corrected chi connectivity index (χ2v) is 8.18. The number of carbonyl (C=O) groups excluding carboxylic acids is 1. The van der Waals surface area contributed by atoms with Gasteiger partial charge in [-0.3, -0.25) is 4.79 Å². The summed E-state index contributed by atoms with van der Waals surface area (Å²) in [6, 6.07) is 20.7. The zero-order valence-corrected chi connectivity index (χ0v) is 17.4. The van der Waals surface area contributed by atoms with Crippen molar-refractivity contribution < 1.29 is 14.3 Å². The molecule has 3 heterocycles. The van der Waals surface area contributed by atoms with Gasteiger partial charge in [0.15, 0.2) is 11.5 Å². The third-order valence-corrected chi connectivity index (χ3v) is 6.35. The molecule has 1 amide bonds. The first-order valence-corrected chi connectivity index (χ1v) is 10.4. The number of ether oxygens (including phenoxy) is 2. The van der Waals surface area contributed by atoms with Crippen LogP contribution in [-0.4, -0.2) is 23.7 Å². The molecular weight excluding hydrogens is 414 g/mol. The highest BCUT2D eigenvalue weighted by molar-refractivity contribution is 6.30. The molecule has 31 heavy (non-hydrogen) atoms. The van der Waals surface area contributed by atoms with Gasteiger partial charge in [0.1, 0.15) is 0 Å². The van der Waals surface area contributed by atoms with Gasteiger partial charge in [0.2, 0.25) is 0 Å². The Morgan fingerprint density at radius 2 is 1.94 bits per heavy atom. The smallest absolute Gasteiger partial charge is 0.306 e. The topological polar surface area (TPSA) is 63.2 Å². The molecule has 0 aromatic heterocycles. The van der Waals surface area contributed by atoms with E-state index in [1.807, 2.05) is 66.7 Å². The zero-order valence-electron chi connectivity index (χ0n) is 16.6. The van der Waals surface area contributed by atoms with Crippen molar-refractivity contribution in [3.63, 3.8) is 0 Å². The summed E-state index contributed by atoms with van der Waals surface area (Å²) in [5.41, 5.74) is 2.83. The summed E-state index contributed by atoms with van der Waals surface area (Å²) in [5.74, 6) is 0.899. The molecule has 0 saturated heterocycles. The van der Waals surface area contributed by atoms with Gasteiger partial charge >= 0.3 is 5.72 Å². The minimum absolute atomic E-state index is 0.179. The Bertz CT molecular complexity index is 1260. The molecule has 6 rings (SSSR count). The van der Waals surface area contributed by atoms with Gasteiger partial charge in [0.25, 0.3) is 5.91 Å². The van der Waals surface area contributed by atoms with Crippen LogP contribution in [0.15, 0.2) is 71.8 Å². The maximum absolute atomic E-state index is 13.4. The Labute approximate surface area is 184 Å². The molecule has 3 aliphatic rings. The average molecular weight is 432 g/mol. The number of methoxy groups -OCH3 is 1. The standard InChI is InChI=1S/C24H18ClN3O3/c1-30-21-8-4-5-16-20-13-19(14-9-11-15(25)12-10-14)27-28(20)24(31-22(16)21)17-6-2-3-7-18(17)26-23(24)29/h2-12,20H,13H2,1H3,(H,26,29). The van der Waals surface area contributed by atoms with Crippen molar-refractivity contribution in [2.75, 3.05) is 12.4 Å². The van der Waals surface area contributed by atoms with Gasteiger partial charge in [0, 0.05) is 17.0 Å². The maximum Gasteiger partial charge on any atom is 0.306 e. The van der Waals surface area contributed by atoms with E-state index in [0.29, 0.717) is 22.9 Å². The number of amides is 1. The summed E-state index contributed by atoms with van der Waals surface area (Å²) in [6.07, 6.45) is 0.627. The molecule has 0 radical (unpaired) electrons. The van der Waals surface area contributed by atoms with Crippen LogP contribution in [-0.2, 0) is 10.5 Å². The number of hydrogen-bond donors (Lipinski definition) is 1. The summed E-state index contributed by atoms with van der Waals surface area (Å²) in [5, 5.41) is 10.4. The number of para-hydroxylation sites is 2. The fourth-order valence-corrected chi connectivity index (χ4v) is 4.79. The number of hydrazone groups is 1. The van der Waals surface area contributed by atoms with Crippen LogP contribution in [0.5, 0.6) is 11.5 Å². The van der Waals surface area contributed by atoms with E-state index in [1.165, 1.54) is 0 Å². The molecule has 1 spiro atoms. The molecule has 3 aliphatic heterocycles. The van der Waals surface area contributed by atoms with E-state index in [2.05, 4.69) is 5.32 Å². The van der Waals surface area contributed by atoms with E-state index in [4.69, 9.17) is 26.2 Å². The molecule has 0 fully saturated rings.